The van der Waals surface area contributed by atoms with E-state index < -0.39 is 28.5 Å². The molecule has 2 aromatic carbocycles. The second kappa shape index (κ2) is 16.0. The van der Waals surface area contributed by atoms with Crippen LogP contribution >= 0.6 is 11.8 Å². The zero-order valence-corrected chi connectivity index (χ0v) is 25.9. The Morgan fingerprint density at radius 1 is 1.09 bits per heavy atom. The highest BCUT2D eigenvalue weighted by atomic mass is 32.2. The Hall–Kier alpha value is -4.54. The summed E-state index contributed by atoms with van der Waals surface area (Å²) in [6, 6.07) is 10.9. The fraction of sp³-hybridized carbons (Fsp3) is 0.286. The summed E-state index contributed by atoms with van der Waals surface area (Å²) in [6.45, 7) is 3.92. The molecule has 4 rings (SSSR count). The van der Waals surface area contributed by atoms with Crippen molar-refractivity contribution in [1.29, 1.82) is 0 Å². The molecule has 2 atom stereocenters. The smallest absolute Gasteiger partial charge is 0.371 e. The Labute approximate surface area is 264 Å². The third-order valence-electron chi connectivity index (χ3n) is 7.07. The molecule has 2 unspecified atom stereocenters. The van der Waals surface area contributed by atoms with Crippen LogP contribution in [-0.4, -0.2) is 38.9 Å². The molecule has 2 aromatic heterocycles. The minimum absolute atomic E-state index is 0.00506. The van der Waals surface area contributed by atoms with Gasteiger partial charge in [-0.05, 0) is 69.0 Å². The molecule has 0 bridgehead atoms. The fourth-order valence-corrected chi connectivity index (χ4v) is 5.83. The maximum absolute atomic E-state index is 12.3. The van der Waals surface area contributed by atoms with Gasteiger partial charge in [0.25, 0.3) is 0 Å². The third-order valence-corrected chi connectivity index (χ3v) is 8.28. The van der Waals surface area contributed by atoms with E-state index in [2.05, 4.69) is 0 Å². The molecule has 0 radical (unpaired) electrons. The van der Waals surface area contributed by atoms with Crippen LogP contribution in [0.5, 0.6) is 11.5 Å². The van der Waals surface area contributed by atoms with Gasteiger partial charge in [-0.25, -0.2) is 4.79 Å². The van der Waals surface area contributed by atoms with E-state index in [-0.39, 0.29) is 22.5 Å². The quantitative estimate of drug-likeness (QED) is 0.0491. The lowest BCUT2D eigenvalue weighted by Gasteiger charge is -2.18. The number of Topliss-reactive ketones (excluding diaryl/α,β-unsaturated/α-hetero) is 1. The Bertz CT molecular complexity index is 1730. The van der Waals surface area contributed by atoms with Crippen LogP contribution in [0.25, 0.3) is 11.0 Å². The van der Waals surface area contributed by atoms with Crippen LogP contribution in [0.1, 0.15) is 77.7 Å². The molecule has 0 spiro atoms. The van der Waals surface area contributed by atoms with Gasteiger partial charge in [0.15, 0.2) is 11.2 Å². The van der Waals surface area contributed by atoms with Crippen molar-refractivity contribution in [3.8, 4) is 11.5 Å². The van der Waals surface area contributed by atoms with Crippen LogP contribution < -0.4 is 10.2 Å². The van der Waals surface area contributed by atoms with E-state index in [1.165, 1.54) is 31.2 Å². The number of carbonyl (C=O) groups is 2. The Morgan fingerprint density at radius 2 is 1.91 bits per heavy atom. The molecule has 0 saturated carbocycles. The summed E-state index contributed by atoms with van der Waals surface area (Å²) in [4.78, 5) is 36.1. The molecule has 0 aliphatic rings. The van der Waals surface area contributed by atoms with Gasteiger partial charge < -0.3 is 28.9 Å². The van der Waals surface area contributed by atoms with Crippen molar-refractivity contribution >= 4 is 34.5 Å². The average molecular weight is 633 g/mol. The lowest BCUT2D eigenvalue weighted by molar-refractivity contribution is 0.0662. The van der Waals surface area contributed by atoms with Crippen molar-refractivity contribution in [3.05, 3.63) is 112 Å². The van der Waals surface area contributed by atoms with Gasteiger partial charge in [-0.2, -0.15) is 0 Å². The van der Waals surface area contributed by atoms with E-state index in [1.807, 2.05) is 31.2 Å². The number of ether oxygens (including phenoxy) is 1. The van der Waals surface area contributed by atoms with Crippen LogP contribution in [0.2, 0.25) is 0 Å². The number of thioether (sulfide) groups is 1. The number of allylic oxidation sites excluding steroid dienone is 3. The van der Waals surface area contributed by atoms with Crippen molar-refractivity contribution in [3.63, 3.8) is 0 Å². The van der Waals surface area contributed by atoms with Gasteiger partial charge in [0.1, 0.15) is 17.1 Å². The monoisotopic (exact) mass is 632 g/mol. The molecule has 3 N–H and O–H groups in total. The molecule has 45 heavy (non-hydrogen) atoms. The van der Waals surface area contributed by atoms with Crippen LogP contribution in [0, 0.1) is 0 Å². The number of rotatable bonds is 16. The number of carbonyl (C=O) groups excluding carboxylic acids is 1. The number of phenolic OH excluding ortho intramolecular Hbond substituents is 1. The second-order valence-electron chi connectivity index (χ2n) is 10.4. The predicted molar refractivity (Wildman–Crippen MR) is 172 cm³/mol. The molecule has 0 saturated heterocycles. The minimum Gasteiger partial charge on any atom is -0.507 e. The first kappa shape index (κ1) is 33.4. The molecule has 4 aromatic rings. The van der Waals surface area contributed by atoms with Crippen LogP contribution in [-0.2, 0) is 6.42 Å². The number of hydrogen-bond acceptors (Lipinski definition) is 9. The van der Waals surface area contributed by atoms with Crippen molar-refractivity contribution in [2.24, 2.45) is 0 Å². The lowest BCUT2D eigenvalue weighted by Crippen LogP contribution is -2.12. The van der Waals surface area contributed by atoms with Gasteiger partial charge in [-0.15, -0.1) is 11.8 Å². The number of aliphatic hydroxyl groups excluding tert-OH is 1. The number of carboxylic acid groups (broad SMARTS) is 1. The van der Waals surface area contributed by atoms with Crippen LogP contribution in [0.15, 0.2) is 97.8 Å². The number of hydrogen-bond donors (Lipinski definition) is 3. The van der Waals surface area contributed by atoms with Crippen molar-refractivity contribution < 1.29 is 38.5 Å². The van der Waals surface area contributed by atoms with Gasteiger partial charge in [0.05, 0.1) is 41.4 Å². The van der Waals surface area contributed by atoms with E-state index in [0.29, 0.717) is 40.4 Å². The predicted octanol–water partition coefficient (Wildman–Crippen LogP) is 7.50. The molecular weight excluding hydrogens is 596 g/mol. The number of ketones is 1. The zero-order chi connectivity index (χ0) is 32.3. The summed E-state index contributed by atoms with van der Waals surface area (Å²) in [6.07, 6.45) is 13.6. The highest BCUT2D eigenvalue weighted by molar-refractivity contribution is 8.00. The largest absolute Gasteiger partial charge is 0.507 e. The van der Waals surface area contributed by atoms with Crippen LogP contribution in [0.4, 0.5) is 0 Å². The Kier molecular flexibility index (Phi) is 11.8. The maximum Gasteiger partial charge on any atom is 0.371 e. The summed E-state index contributed by atoms with van der Waals surface area (Å²) >= 11 is 1.34. The molecule has 0 aliphatic heterocycles. The summed E-state index contributed by atoms with van der Waals surface area (Å²) in [5.41, 5.74) is 1.29. The number of unbranched alkanes of at least 4 members (excludes halogenated alkanes) is 2. The van der Waals surface area contributed by atoms with Gasteiger partial charge in [0, 0.05) is 22.1 Å². The number of aromatic hydroxyl groups is 1. The van der Waals surface area contributed by atoms with Gasteiger partial charge in [-0.1, -0.05) is 37.6 Å². The van der Waals surface area contributed by atoms with Crippen molar-refractivity contribution in [1.82, 2.24) is 0 Å². The van der Waals surface area contributed by atoms with Gasteiger partial charge >= 0.3 is 5.97 Å². The first-order chi connectivity index (χ1) is 21.7. The topological polar surface area (TPSA) is 147 Å². The third kappa shape index (κ3) is 8.77. The first-order valence-corrected chi connectivity index (χ1v) is 15.6. The number of aliphatic hydroxyl groups is 1. The molecule has 0 aliphatic carbocycles. The number of furan rings is 1. The lowest BCUT2D eigenvalue weighted by atomic mass is 10.0. The number of carboxylic acids is 1. The minimum atomic E-state index is -1.33. The summed E-state index contributed by atoms with van der Waals surface area (Å²) in [7, 11) is 0. The number of phenols is 1. The molecule has 9 nitrogen and oxygen atoms in total. The van der Waals surface area contributed by atoms with Gasteiger partial charge in [0.2, 0.25) is 5.76 Å². The second-order valence-corrected chi connectivity index (χ2v) is 11.7. The van der Waals surface area contributed by atoms with E-state index in [0.717, 1.165) is 31.7 Å². The highest BCUT2D eigenvalue weighted by Gasteiger charge is 2.22. The molecule has 2 heterocycles. The van der Waals surface area contributed by atoms with E-state index in [1.54, 1.807) is 36.4 Å². The molecular formula is C35H36O9S. The van der Waals surface area contributed by atoms with Gasteiger partial charge in [-0.3, -0.25) is 9.59 Å². The number of fused-ring (bicyclic) bond motifs is 1. The molecule has 0 amide bonds. The summed E-state index contributed by atoms with van der Waals surface area (Å²) in [5.74, 6) is -1.34. The zero-order valence-electron chi connectivity index (χ0n) is 25.1. The van der Waals surface area contributed by atoms with E-state index >= 15 is 0 Å². The SMILES string of the molecule is CCCc1c(OCCCC/C=C\C=C\C(Sc2ccc3c(=O)cc(C(=O)O)oc3c2)C(O)c2ccoc2)ccc(C(C)=O)c1O. The van der Waals surface area contributed by atoms with Crippen LogP contribution in [0.3, 0.4) is 0 Å². The highest BCUT2D eigenvalue weighted by Crippen LogP contribution is 2.35. The summed E-state index contributed by atoms with van der Waals surface area (Å²) < 4.78 is 16.5. The number of aromatic carboxylic acids is 1. The van der Waals surface area contributed by atoms with E-state index in [9.17, 15) is 29.7 Å². The van der Waals surface area contributed by atoms with E-state index in [4.69, 9.17) is 13.6 Å². The maximum atomic E-state index is 12.3. The standard InChI is InChI=1S/C35H36O9S/c1-3-10-27-29(15-14-25(22(2)36)34(27)39)43-17-9-7-5-4-6-8-11-32(33(38)23-16-18-42-21-23)45-24-12-13-26-28(37)20-31(35(40)41)44-30(26)19-24/h4,6,8,11-16,18-21,32-33,38-39H,3,5,7,9-10,17H2,1-2H3,(H,40,41)/b6-4-,11-8+. The molecule has 10 heteroatoms. The fourth-order valence-electron chi connectivity index (χ4n) is 4.74. The molecule has 0 fully saturated rings. The first-order valence-electron chi connectivity index (χ1n) is 14.7. The number of benzene rings is 2. The molecule has 236 valence electrons. The summed E-state index contributed by atoms with van der Waals surface area (Å²) in [5, 5.41) is 30.7. The van der Waals surface area contributed by atoms with Crippen molar-refractivity contribution in [2.45, 2.75) is 62.2 Å². The van der Waals surface area contributed by atoms with Crippen molar-refractivity contribution in [2.75, 3.05) is 6.61 Å². The average Bonchev–Trinajstić information content (AvgIpc) is 3.55. The normalized spacial score (nSPS) is 13.0. The Morgan fingerprint density at radius 3 is 2.62 bits per heavy atom. The Balaban J connectivity index is 1.35.